The molecule has 36 heavy (non-hydrogen) atoms. The Morgan fingerprint density at radius 3 is 2.28 bits per heavy atom. The second-order valence-corrected chi connectivity index (χ2v) is 10.7. The molecular weight excluding hydrogens is 546 g/mol. The van der Waals surface area contributed by atoms with Gasteiger partial charge in [-0.1, -0.05) is 52.3 Å². The molecule has 0 aromatic heterocycles. The fraction of sp³-hybridized carbons (Fsp3) is 0.231. The first-order valence-corrected chi connectivity index (χ1v) is 13.4. The molecule has 0 spiro atoms. The lowest BCUT2D eigenvalue weighted by molar-refractivity contribution is -0.139. The number of carbonyl (C=O) groups excluding carboxylic acids is 2. The van der Waals surface area contributed by atoms with Crippen molar-refractivity contribution in [3.05, 3.63) is 88.9 Å². The van der Waals surface area contributed by atoms with Gasteiger partial charge >= 0.3 is 0 Å². The van der Waals surface area contributed by atoms with Crippen LogP contribution < -0.4 is 14.4 Å². The predicted octanol–water partition coefficient (Wildman–Crippen LogP) is 3.82. The minimum atomic E-state index is -4.11. The molecule has 10 heteroatoms. The summed E-state index contributed by atoms with van der Waals surface area (Å²) in [5.41, 5.74) is 1.06. The van der Waals surface area contributed by atoms with Gasteiger partial charge in [-0.25, -0.2) is 8.42 Å². The number of methoxy groups -OCH3 is 1. The first-order chi connectivity index (χ1) is 17.2. The zero-order chi connectivity index (χ0) is 26.3. The number of anilines is 1. The smallest absolute Gasteiger partial charge is 0.264 e. The summed E-state index contributed by atoms with van der Waals surface area (Å²) in [5.74, 6) is -0.450. The number of likely N-dealkylation sites (N-methyl/N-ethyl adjacent to an activating group) is 1. The highest BCUT2D eigenvalue weighted by Crippen LogP contribution is 2.27. The van der Waals surface area contributed by atoms with Gasteiger partial charge in [-0.15, -0.1) is 0 Å². The maximum atomic E-state index is 13.7. The summed E-state index contributed by atoms with van der Waals surface area (Å²) in [6.07, 6.45) is 0. The highest BCUT2D eigenvalue weighted by molar-refractivity contribution is 9.10. The number of rotatable bonds is 10. The number of carbonyl (C=O) groups is 2. The molecule has 0 aliphatic rings. The number of sulfonamides is 1. The highest BCUT2D eigenvalue weighted by Gasteiger charge is 2.32. The molecule has 0 aliphatic heterocycles. The van der Waals surface area contributed by atoms with E-state index in [0.29, 0.717) is 5.75 Å². The fourth-order valence-electron chi connectivity index (χ4n) is 3.59. The van der Waals surface area contributed by atoms with Gasteiger partial charge in [0.05, 0.1) is 17.7 Å². The van der Waals surface area contributed by atoms with Crippen LogP contribution in [0.25, 0.3) is 0 Å². The third-order valence-electron chi connectivity index (χ3n) is 5.63. The van der Waals surface area contributed by atoms with Gasteiger partial charge in [-0.3, -0.25) is 13.9 Å². The lowest BCUT2D eigenvalue weighted by atomic mass is 10.1. The van der Waals surface area contributed by atoms with Crippen molar-refractivity contribution in [1.82, 2.24) is 10.2 Å². The molecular formula is C26H28BrN3O5S. The lowest BCUT2D eigenvalue weighted by Gasteiger charge is -2.31. The van der Waals surface area contributed by atoms with E-state index in [-0.39, 0.29) is 23.0 Å². The Hall–Kier alpha value is -3.37. The third-order valence-corrected chi connectivity index (χ3v) is 7.95. The monoisotopic (exact) mass is 573 g/mol. The lowest BCUT2D eigenvalue weighted by Crippen LogP contribution is -2.50. The van der Waals surface area contributed by atoms with Crippen molar-refractivity contribution in [2.45, 2.75) is 24.4 Å². The Labute approximate surface area is 220 Å². The predicted molar refractivity (Wildman–Crippen MR) is 142 cm³/mol. The van der Waals surface area contributed by atoms with E-state index in [4.69, 9.17) is 4.74 Å². The van der Waals surface area contributed by atoms with Crippen LogP contribution in [0.1, 0.15) is 12.5 Å². The summed E-state index contributed by atoms with van der Waals surface area (Å²) in [6, 6.07) is 20.9. The van der Waals surface area contributed by atoms with Gasteiger partial charge in [-0.2, -0.15) is 0 Å². The van der Waals surface area contributed by atoms with Crippen LogP contribution in [0.2, 0.25) is 0 Å². The van der Waals surface area contributed by atoms with Crippen LogP contribution in [-0.2, 0) is 26.2 Å². The number of amides is 2. The minimum absolute atomic E-state index is 0.0411. The van der Waals surface area contributed by atoms with Crippen molar-refractivity contribution in [2.75, 3.05) is 25.0 Å². The van der Waals surface area contributed by atoms with Crippen molar-refractivity contribution in [3.63, 3.8) is 0 Å². The average molecular weight is 574 g/mol. The van der Waals surface area contributed by atoms with Crippen molar-refractivity contribution in [1.29, 1.82) is 0 Å². The van der Waals surface area contributed by atoms with E-state index >= 15 is 0 Å². The molecule has 1 atom stereocenters. The second-order valence-electron chi connectivity index (χ2n) is 7.96. The molecule has 0 unspecified atom stereocenters. The molecule has 0 aliphatic carbocycles. The molecule has 0 heterocycles. The average Bonchev–Trinajstić information content (AvgIpc) is 2.90. The first-order valence-electron chi connectivity index (χ1n) is 11.1. The zero-order valence-electron chi connectivity index (χ0n) is 20.2. The first kappa shape index (κ1) is 27.2. The van der Waals surface area contributed by atoms with Crippen LogP contribution in [-0.4, -0.2) is 51.9 Å². The van der Waals surface area contributed by atoms with Crippen LogP contribution >= 0.6 is 15.9 Å². The van der Waals surface area contributed by atoms with E-state index < -0.39 is 28.5 Å². The Morgan fingerprint density at radius 2 is 1.67 bits per heavy atom. The van der Waals surface area contributed by atoms with Crippen molar-refractivity contribution < 1.29 is 22.7 Å². The molecule has 0 saturated heterocycles. The molecule has 2 amide bonds. The molecule has 8 nitrogen and oxygen atoms in total. The second kappa shape index (κ2) is 12.0. The fourth-order valence-corrected chi connectivity index (χ4v) is 5.28. The minimum Gasteiger partial charge on any atom is -0.497 e. The van der Waals surface area contributed by atoms with Crippen LogP contribution in [0.5, 0.6) is 5.75 Å². The van der Waals surface area contributed by atoms with Crippen molar-refractivity contribution in [3.8, 4) is 5.75 Å². The number of nitrogens with one attached hydrogen (secondary N) is 1. The Balaban J connectivity index is 2.03. The quantitative estimate of drug-likeness (QED) is 0.398. The number of nitrogens with zero attached hydrogens (tertiary/aromatic N) is 2. The Kier molecular flexibility index (Phi) is 9.11. The topological polar surface area (TPSA) is 96.0 Å². The molecule has 3 rings (SSSR count). The van der Waals surface area contributed by atoms with Gasteiger partial charge in [0.2, 0.25) is 11.8 Å². The highest BCUT2D eigenvalue weighted by atomic mass is 79.9. The van der Waals surface area contributed by atoms with Gasteiger partial charge in [0.15, 0.2) is 0 Å². The third kappa shape index (κ3) is 6.44. The Bertz CT molecular complexity index is 1300. The molecule has 3 aromatic rings. The van der Waals surface area contributed by atoms with E-state index in [1.165, 1.54) is 31.2 Å². The van der Waals surface area contributed by atoms with Gasteiger partial charge in [0.1, 0.15) is 18.3 Å². The van der Waals surface area contributed by atoms with Gasteiger partial charge in [0.25, 0.3) is 10.0 Å². The Morgan fingerprint density at radius 1 is 1.00 bits per heavy atom. The van der Waals surface area contributed by atoms with Crippen LogP contribution in [0.4, 0.5) is 5.69 Å². The van der Waals surface area contributed by atoms with Crippen LogP contribution in [0.3, 0.4) is 0 Å². The number of hydrogen-bond acceptors (Lipinski definition) is 5. The molecule has 0 saturated carbocycles. The van der Waals surface area contributed by atoms with Crippen LogP contribution in [0.15, 0.2) is 88.2 Å². The summed E-state index contributed by atoms with van der Waals surface area (Å²) >= 11 is 3.39. The largest absolute Gasteiger partial charge is 0.497 e. The van der Waals surface area contributed by atoms with Crippen molar-refractivity contribution in [2.24, 2.45) is 0 Å². The maximum Gasteiger partial charge on any atom is 0.264 e. The van der Waals surface area contributed by atoms with Gasteiger partial charge < -0.3 is 15.0 Å². The summed E-state index contributed by atoms with van der Waals surface area (Å²) in [5, 5.41) is 2.56. The number of benzene rings is 3. The number of halogens is 1. The molecule has 0 fully saturated rings. The molecule has 190 valence electrons. The number of hydrogen-bond donors (Lipinski definition) is 1. The molecule has 3 aromatic carbocycles. The standard InChI is InChI=1S/C26H28BrN3O5S/c1-19(26(32)28-2)29(17-20-12-14-21(27)15-13-20)25(31)18-30(22-8-7-9-23(16-22)35-3)36(33,34)24-10-5-4-6-11-24/h4-16,19H,17-18H2,1-3H3,(H,28,32)/t19-/m1/s1. The zero-order valence-corrected chi connectivity index (χ0v) is 22.6. The van der Waals surface area contributed by atoms with Gasteiger partial charge in [-0.05, 0) is 48.9 Å². The molecule has 0 radical (unpaired) electrons. The van der Waals surface area contributed by atoms with E-state index in [2.05, 4.69) is 21.2 Å². The molecule has 0 bridgehead atoms. The maximum absolute atomic E-state index is 13.7. The molecule has 1 N–H and O–H groups in total. The van der Waals surface area contributed by atoms with E-state index in [1.54, 1.807) is 49.4 Å². The van der Waals surface area contributed by atoms with E-state index in [0.717, 1.165) is 14.3 Å². The van der Waals surface area contributed by atoms with Gasteiger partial charge in [0, 0.05) is 24.1 Å². The summed E-state index contributed by atoms with van der Waals surface area (Å²) in [4.78, 5) is 27.6. The number of ether oxygens (including phenoxy) is 1. The van der Waals surface area contributed by atoms with E-state index in [9.17, 15) is 18.0 Å². The summed E-state index contributed by atoms with van der Waals surface area (Å²) in [6.45, 7) is 1.22. The van der Waals surface area contributed by atoms with Crippen LogP contribution in [0, 0.1) is 0 Å². The summed E-state index contributed by atoms with van der Waals surface area (Å²) in [7, 11) is -1.15. The summed E-state index contributed by atoms with van der Waals surface area (Å²) < 4.78 is 34.5. The van der Waals surface area contributed by atoms with Crippen molar-refractivity contribution >= 4 is 43.5 Å². The van der Waals surface area contributed by atoms with E-state index in [1.807, 2.05) is 24.3 Å². The normalized spacial score (nSPS) is 11.9. The SMILES string of the molecule is CNC(=O)[C@@H](C)N(Cc1ccc(Br)cc1)C(=O)CN(c1cccc(OC)c1)S(=O)(=O)c1ccccc1.